The largest absolute Gasteiger partial charge is 0.478 e. The summed E-state index contributed by atoms with van der Waals surface area (Å²) in [6.45, 7) is 2.88. The number of carbonyl (C=O) groups is 1. The Morgan fingerprint density at radius 3 is 2.67 bits per heavy atom. The van der Waals surface area contributed by atoms with E-state index in [0.717, 1.165) is 37.1 Å². The van der Waals surface area contributed by atoms with E-state index in [1.54, 1.807) is 0 Å². The van der Waals surface area contributed by atoms with E-state index in [-0.39, 0.29) is 5.91 Å². The topological polar surface area (TPSA) is 55.6 Å². The minimum absolute atomic E-state index is 0.0345. The second-order valence-corrected chi connectivity index (χ2v) is 6.22. The van der Waals surface area contributed by atoms with Gasteiger partial charge in [0.15, 0.2) is 6.10 Å². The Labute approximate surface area is 143 Å². The number of anilines is 2. The summed E-state index contributed by atoms with van der Waals surface area (Å²) in [5, 5.41) is 0. The summed E-state index contributed by atoms with van der Waals surface area (Å²) < 4.78 is 5.99. The number of rotatable bonds is 6. The van der Waals surface area contributed by atoms with Crippen LogP contribution in [0.3, 0.4) is 0 Å². The highest BCUT2D eigenvalue weighted by Gasteiger charge is 2.34. The normalized spacial score (nSPS) is 16.6. The highest BCUT2D eigenvalue weighted by atomic mass is 16.5. The van der Waals surface area contributed by atoms with Crippen molar-refractivity contribution in [2.24, 2.45) is 0 Å². The lowest BCUT2D eigenvalue weighted by Crippen LogP contribution is -2.47. The van der Waals surface area contributed by atoms with Crippen LogP contribution in [0.1, 0.15) is 31.7 Å². The molecule has 1 aliphatic heterocycles. The molecule has 0 saturated carbocycles. The van der Waals surface area contributed by atoms with Crippen molar-refractivity contribution in [1.82, 2.24) is 0 Å². The van der Waals surface area contributed by atoms with Gasteiger partial charge in [-0.2, -0.15) is 0 Å². The molecule has 0 aliphatic carbocycles. The molecule has 4 nitrogen and oxygen atoms in total. The summed E-state index contributed by atoms with van der Waals surface area (Å²) in [5.41, 5.74) is 8.47. The predicted octanol–water partition coefficient (Wildman–Crippen LogP) is 3.80. The second kappa shape index (κ2) is 7.39. The zero-order valence-electron chi connectivity index (χ0n) is 14.1. The number of amides is 1. The van der Waals surface area contributed by atoms with Crippen LogP contribution in [0.5, 0.6) is 5.75 Å². The number of nitrogen functional groups attached to an aromatic ring is 1. The van der Waals surface area contributed by atoms with E-state index >= 15 is 0 Å². The first-order valence-corrected chi connectivity index (χ1v) is 8.60. The Bertz CT molecular complexity index is 700. The molecule has 0 fully saturated rings. The van der Waals surface area contributed by atoms with Crippen LogP contribution in [0.15, 0.2) is 48.5 Å². The molecule has 1 atom stereocenters. The number of nitrogens with zero attached hydrogens (tertiary/aromatic N) is 1. The molecule has 4 heteroatoms. The lowest BCUT2D eigenvalue weighted by atomic mass is 10.0. The van der Waals surface area contributed by atoms with E-state index in [9.17, 15) is 4.79 Å². The van der Waals surface area contributed by atoms with Gasteiger partial charge in [0, 0.05) is 24.7 Å². The third-order valence-corrected chi connectivity index (χ3v) is 4.33. The number of hydrogen-bond acceptors (Lipinski definition) is 3. The molecule has 0 spiro atoms. The lowest BCUT2D eigenvalue weighted by molar-refractivity contribution is -0.126. The van der Waals surface area contributed by atoms with Crippen LogP contribution in [0.25, 0.3) is 0 Å². The Morgan fingerprint density at radius 2 is 1.92 bits per heavy atom. The van der Waals surface area contributed by atoms with E-state index in [0.29, 0.717) is 17.9 Å². The molecule has 2 aromatic rings. The van der Waals surface area contributed by atoms with Crippen LogP contribution < -0.4 is 15.4 Å². The summed E-state index contributed by atoms with van der Waals surface area (Å²) in [4.78, 5) is 14.8. The highest BCUT2D eigenvalue weighted by Crippen LogP contribution is 2.36. The van der Waals surface area contributed by atoms with E-state index in [2.05, 4.69) is 6.92 Å². The molecule has 1 amide bonds. The molecule has 0 bridgehead atoms. The quantitative estimate of drug-likeness (QED) is 0.649. The zero-order chi connectivity index (χ0) is 16.9. The number of ether oxygens (including phenoxy) is 1. The predicted molar refractivity (Wildman–Crippen MR) is 97.3 cm³/mol. The number of carbonyl (C=O) groups excluding carboxylic acids is 1. The van der Waals surface area contributed by atoms with Crippen LogP contribution in [-0.2, 0) is 11.2 Å². The van der Waals surface area contributed by atoms with Gasteiger partial charge in [0.1, 0.15) is 5.75 Å². The third-order valence-electron chi connectivity index (χ3n) is 4.33. The van der Waals surface area contributed by atoms with Gasteiger partial charge in [0.05, 0.1) is 5.69 Å². The molecule has 1 heterocycles. The number of unbranched alkanes of at least 4 members (excludes halogenated alkanes) is 2. The Hall–Kier alpha value is -2.49. The molecule has 126 valence electrons. The van der Waals surface area contributed by atoms with Gasteiger partial charge in [-0.15, -0.1) is 0 Å². The number of nitrogens with two attached hydrogens (primary N) is 1. The van der Waals surface area contributed by atoms with E-state index in [1.165, 1.54) is 0 Å². The van der Waals surface area contributed by atoms with Crippen molar-refractivity contribution in [3.05, 3.63) is 54.1 Å². The van der Waals surface area contributed by atoms with E-state index in [4.69, 9.17) is 10.5 Å². The van der Waals surface area contributed by atoms with Crippen molar-refractivity contribution in [3.8, 4) is 5.75 Å². The first-order valence-electron chi connectivity index (χ1n) is 8.60. The summed E-state index contributed by atoms with van der Waals surface area (Å²) >= 11 is 0. The van der Waals surface area contributed by atoms with Crippen LogP contribution in [0.4, 0.5) is 11.4 Å². The zero-order valence-corrected chi connectivity index (χ0v) is 14.1. The number of hydrogen-bond donors (Lipinski definition) is 1. The van der Waals surface area contributed by atoms with E-state index in [1.807, 2.05) is 53.4 Å². The summed E-state index contributed by atoms with van der Waals surface area (Å²) in [5.74, 6) is 0.735. The standard InChI is InChI=1S/C20H24N2O2/c1-2-3-7-12-22-17-11-10-16(21)14-18(17)24-19(20(22)23)13-15-8-5-4-6-9-15/h4-6,8-11,14,19H,2-3,7,12-13,21H2,1H3. The average molecular weight is 324 g/mol. The molecule has 0 aromatic heterocycles. The maximum Gasteiger partial charge on any atom is 0.268 e. The Balaban J connectivity index is 1.86. The SMILES string of the molecule is CCCCCN1C(=O)C(Cc2ccccc2)Oc2cc(N)ccc21. The van der Waals surface area contributed by atoms with Crippen LogP contribution >= 0.6 is 0 Å². The molecular formula is C20H24N2O2. The minimum atomic E-state index is -0.497. The second-order valence-electron chi connectivity index (χ2n) is 6.22. The highest BCUT2D eigenvalue weighted by molar-refractivity contribution is 6.00. The van der Waals surface area contributed by atoms with Crippen molar-refractivity contribution in [3.63, 3.8) is 0 Å². The summed E-state index contributed by atoms with van der Waals surface area (Å²) in [6, 6.07) is 15.5. The lowest BCUT2D eigenvalue weighted by Gasteiger charge is -2.34. The van der Waals surface area contributed by atoms with Gasteiger partial charge in [-0.3, -0.25) is 4.79 Å². The molecule has 1 aliphatic rings. The molecule has 0 saturated heterocycles. The van der Waals surface area contributed by atoms with Gasteiger partial charge < -0.3 is 15.4 Å². The van der Waals surface area contributed by atoms with Crippen molar-refractivity contribution < 1.29 is 9.53 Å². The fourth-order valence-electron chi connectivity index (χ4n) is 3.05. The summed E-state index contributed by atoms with van der Waals surface area (Å²) in [6.07, 6.45) is 3.30. The van der Waals surface area contributed by atoms with Crippen molar-refractivity contribution in [1.29, 1.82) is 0 Å². The van der Waals surface area contributed by atoms with Gasteiger partial charge in [0.25, 0.3) is 5.91 Å². The monoisotopic (exact) mass is 324 g/mol. The molecule has 2 aromatic carbocycles. The minimum Gasteiger partial charge on any atom is -0.478 e. The molecule has 3 rings (SSSR count). The fraction of sp³-hybridized carbons (Fsp3) is 0.350. The van der Waals surface area contributed by atoms with Crippen molar-refractivity contribution >= 4 is 17.3 Å². The average Bonchev–Trinajstić information content (AvgIpc) is 2.59. The van der Waals surface area contributed by atoms with Crippen LogP contribution in [0.2, 0.25) is 0 Å². The number of fused-ring (bicyclic) bond motifs is 1. The number of benzene rings is 2. The van der Waals surface area contributed by atoms with Gasteiger partial charge in [0.2, 0.25) is 0 Å². The smallest absolute Gasteiger partial charge is 0.268 e. The maximum atomic E-state index is 12.9. The first kappa shape index (κ1) is 16.4. The van der Waals surface area contributed by atoms with Crippen molar-refractivity contribution in [2.45, 2.75) is 38.7 Å². The van der Waals surface area contributed by atoms with Crippen LogP contribution in [-0.4, -0.2) is 18.6 Å². The summed E-state index contributed by atoms with van der Waals surface area (Å²) in [7, 11) is 0. The Kier molecular flexibility index (Phi) is 5.04. The first-order chi connectivity index (χ1) is 11.7. The van der Waals surface area contributed by atoms with Gasteiger partial charge in [-0.25, -0.2) is 0 Å². The van der Waals surface area contributed by atoms with Gasteiger partial charge in [-0.05, 0) is 24.1 Å². The van der Waals surface area contributed by atoms with E-state index < -0.39 is 6.10 Å². The Morgan fingerprint density at radius 1 is 1.12 bits per heavy atom. The molecule has 0 radical (unpaired) electrons. The van der Waals surface area contributed by atoms with Gasteiger partial charge in [-0.1, -0.05) is 50.1 Å². The molecule has 24 heavy (non-hydrogen) atoms. The molecule has 2 N–H and O–H groups in total. The fourth-order valence-corrected chi connectivity index (χ4v) is 3.05. The molecule has 1 unspecified atom stereocenters. The van der Waals surface area contributed by atoms with Gasteiger partial charge >= 0.3 is 0 Å². The third kappa shape index (κ3) is 3.53. The molecular weight excluding hydrogens is 300 g/mol. The van der Waals surface area contributed by atoms with Crippen LogP contribution in [0, 0.1) is 0 Å². The maximum absolute atomic E-state index is 12.9. The van der Waals surface area contributed by atoms with Crippen molar-refractivity contribution in [2.75, 3.05) is 17.2 Å².